The maximum Gasteiger partial charge on any atom is 0.414 e. The Morgan fingerprint density at radius 1 is 0.708 bits per heavy atom. The number of ether oxygens (including phenoxy) is 2. The predicted octanol–water partition coefficient (Wildman–Crippen LogP) is 7.50. The molecule has 0 aliphatic carbocycles. The van der Waals surface area contributed by atoms with Crippen molar-refractivity contribution in [3.8, 4) is 5.75 Å². The van der Waals surface area contributed by atoms with Gasteiger partial charge in [0.2, 0.25) is 29.5 Å². The summed E-state index contributed by atoms with van der Waals surface area (Å²) in [7, 11) is 4.72. The average Bonchev–Trinajstić information content (AvgIpc) is 3.37. The summed E-state index contributed by atoms with van der Waals surface area (Å²) in [5.41, 5.74) is 3.38. The molecule has 2 aliphatic rings. The van der Waals surface area contributed by atoms with E-state index in [0.29, 0.717) is 18.8 Å². The van der Waals surface area contributed by atoms with Crippen molar-refractivity contribution in [2.24, 2.45) is 5.92 Å². The molecule has 2 aromatic rings. The van der Waals surface area contributed by atoms with E-state index in [2.05, 4.69) is 78.2 Å². The molecule has 0 radical (unpaired) electrons. The number of amides is 6. The number of piperazine rings is 1. The Labute approximate surface area is 432 Å². The molecule has 0 spiro atoms. The molecule has 2 aliphatic heterocycles. The third-order valence-electron chi connectivity index (χ3n) is 10.8. The van der Waals surface area contributed by atoms with Crippen LogP contribution in [0.1, 0.15) is 145 Å². The minimum absolute atomic E-state index is 0.0838. The lowest BCUT2D eigenvalue weighted by atomic mass is 9.88. The second kappa shape index (κ2) is 42.7. The topological polar surface area (TPSA) is 228 Å². The van der Waals surface area contributed by atoms with Crippen LogP contribution >= 0.6 is 0 Å². The van der Waals surface area contributed by atoms with E-state index < -0.39 is 30.4 Å². The fourth-order valence-electron chi connectivity index (χ4n) is 7.12. The van der Waals surface area contributed by atoms with Gasteiger partial charge in [-0.1, -0.05) is 124 Å². The number of benzene rings is 2. The van der Waals surface area contributed by atoms with Crippen LogP contribution in [0, 0.1) is 5.92 Å². The third kappa shape index (κ3) is 31.4. The van der Waals surface area contributed by atoms with Crippen molar-refractivity contribution in [2.45, 2.75) is 145 Å². The van der Waals surface area contributed by atoms with E-state index in [-0.39, 0.29) is 36.9 Å². The normalized spacial score (nSPS) is 13.5. The quantitative estimate of drug-likeness (QED) is 0.0709. The average molecular weight is 1020 g/mol. The summed E-state index contributed by atoms with van der Waals surface area (Å²) >= 11 is 0. The Hall–Kier alpha value is -5.91. The van der Waals surface area contributed by atoms with Crippen molar-refractivity contribution in [2.75, 3.05) is 90.0 Å². The van der Waals surface area contributed by atoms with Gasteiger partial charge in [-0.3, -0.25) is 33.7 Å². The Morgan fingerprint density at radius 2 is 1.29 bits per heavy atom. The van der Waals surface area contributed by atoms with Gasteiger partial charge in [0.25, 0.3) is 0 Å². The van der Waals surface area contributed by atoms with Crippen LogP contribution in [0.25, 0.3) is 0 Å². The van der Waals surface area contributed by atoms with Crippen LogP contribution in [0.15, 0.2) is 48.5 Å². The van der Waals surface area contributed by atoms with Gasteiger partial charge in [-0.2, -0.15) is 0 Å². The largest absolute Gasteiger partial charge is 0.495 e. The van der Waals surface area contributed by atoms with Crippen LogP contribution in [0.2, 0.25) is 0 Å². The molecular formula is C54H94N8O10. The molecule has 1 fully saturated rings. The summed E-state index contributed by atoms with van der Waals surface area (Å²) in [6.45, 7) is 24.2. The molecule has 72 heavy (non-hydrogen) atoms. The van der Waals surface area contributed by atoms with E-state index in [1.165, 1.54) is 38.4 Å². The maximum atomic E-state index is 11.8. The number of carboxylic acid groups (broad SMARTS) is 1. The fourth-order valence-corrected chi connectivity index (χ4v) is 7.12. The fraction of sp³-hybridized carbons (Fsp3) is 0.648. The Balaban J connectivity index is 0. The SMILES string of the molecule is CC.CC(C)C.CCC1CCN(C(=O)OC)c2ccccc21.CCCCCCCNC(C)=O.CCCC[C@@H](NC(=O)CNC(=O)CNC)C(=O)NCC(=O)O.COc1ccccc1N1CCN(C(C)=O)CC1. The number of carboxylic acids is 1. The Morgan fingerprint density at radius 3 is 1.82 bits per heavy atom. The Bertz CT molecular complexity index is 1820. The highest BCUT2D eigenvalue weighted by molar-refractivity contribution is 5.91. The number of nitrogens with zero attached hydrogens (tertiary/aromatic N) is 3. The van der Waals surface area contributed by atoms with Gasteiger partial charge >= 0.3 is 12.1 Å². The van der Waals surface area contributed by atoms with Gasteiger partial charge in [0.1, 0.15) is 18.3 Å². The predicted molar refractivity (Wildman–Crippen MR) is 290 cm³/mol. The van der Waals surface area contributed by atoms with Crippen molar-refractivity contribution < 1.29 is 48.1 Å². The second-order valence-electron chi connectivity index (χ2n) is 17.5. The van der Waals surface area contributed by atoms with Crippen LogP contribution in [-0.4, -0.2) is 138 Å². The molecule has 410 valence electrons. The molecule has 1 saturated heterocycles. The van der Waals surface area contributed by atoms with Crippen LogP contribution in [0.4, 0.5) is 16.2 Å². The lowest BCUT2D eigenvalue weighted by Crippen LogP contribution is -2.50. The second-order valence-corrected chi connectivity index (χ2v) is 17.5. The first-order chi connectivity index (χ1) is 34.4. The summed E-state index contributed by atoms with van der Waals surface area (Å²) in [5.74, 6) is -0.0147. The number of likely N-dealkylation sites (N-methyl/N-ethyl adjacent to an activating group) is 1. The van der Waals surface area contributed by atoms with Gasteiger partial charge in [-0.15, -0.1) is 0 Å². The summed E-state index contributed by atoms with van der Waals surface area (Å²) in [4.78, 5) is 84.4. The number of methoxy groups -OCH3 is 2. The molecule has 6 N–H and O–H groups in total. The number of hydrogen-bond acceptors (Lipinski definition) is 11. The number of carbonyl (C=O) groups is 7. The van der Waals surface area contributed by atoms with E-state index in [1.54, 1.807) is 32.9 Å². The highest BCUT2D eigenvalue weighted by Crippen LogP contribution is 2.37. The number of rotatable bonds is 20. The minimum Gasteiger partial charge on any atom is -0.495 e. The number of anilines is 2. The molecular weight excluding hydrogens is 921 g/mol. The number of carbonyl (C=O) groups excluding carboxylic acids is 6. The number of hydrogen-bond donors (Lipinski definition) is 6. The number of unbranched alkanes of at least 4 members (excludes halogenated alkanes) is 5. The molecule has 0 aromatic heterocycles. The molecule has 2 aromatic carbocycles. The minimum atomic E-state index is -1.16. The maximum absolute atomic E-state index is 11.8. The molecule has 0 saturated carbocycles. The number of aliphatic carboxylic acids is 1. The molecule has 1 unspecified atom stereocenters. The summed E-state index contributed by atoms with van der Waals surface area (Å²) in [5, 5.41) is 21.1. The first-order valence-electron chi connectivity index (χ1n) is 25.9. The van der Waals surface area contributed by atoms with E-state index in [4.69, 9.17) is 14.6 Å². The first kappa shape index (κ1) is 68.2. The van der Waals surface area contributed by atoms with E-state index in [9.17, 15) is 33.6 Å². The zero-order chi connectivity index (χ0) is 54.9. The number of fused-ring (bicyclic) bond motifs is 1. The van der Waals surface area contributed by atoms with Crippen LogP contribution < -0.4 is 41.1 Å². The zero-order valence-electron chi connectivity index (χ0n) is 46.2. The van der Waals surface area contributed by atoms with Gasteiger partial charge in [0.05, 0.1) is 38.7 Å². The van der Waals surface area contributed by atoms with Crippen molar-refractivity contribution in [1.82, 2.24) is 31.5 Å². The molecule has 18 heteroatoms. The van der Waals surface area contributed by atoms with Crippen molar-refractivity contribution in [1.29, 1.82) is 0 Å². The van der Waals surface area contributed by atoms with Crippen molar-refractivity contribution in [3.63, 3.8) is 0 Å². The van der Waals surface area contributed by atoms with Crippen LogP contribution in [0.3, 0.4) is 0 Å². The van der Waals surface area contributed by atoms with Crippen molar-refractivity contribution >= 4 is 53.0 Å². The van der Waals surface area contributed by atoms with Gasteiger partial charge < -0.3 is 51.0 Å². The Kier molecular flexibility index (Phi) is 40.5. The smallest absolute Gasteiger partial charge is 0.414 e. The van der Waals surface area contributed by atoms with E-state index in [1.807, 2.05) is 62.1 Å². The monoisotopic (exact) mass is 1010 g/mol. The van der Waals surface area contributed by atoms with Gasteiger partial charge in [0.15, 0.2) is 0 Å². The number of para-hydroxylation sites is 3. The lowest BCUT2D eigenvalue weighted by molar-refractivity contribution is -0.138. The van der Waals surface area contributed by atoms with Crippen molar-refractivity contribution in [3.05, 3.63) is 54.1 Å². The number of nitrogens with one attached hydrogen (secondary N) is 5. The van der Waals surface area contributed by atoms with Gasteiger partial charge in [0, 0.05) is 53.1 Å². The molecule has 0 bridgehead atoms. The summed E-state index contributed by atoms with van der Waals surface area (Å²) < 4.78 is 10.2. The third-order valence-corrected chi connectivity index (χ3v) is 10.8. The summed E-state index contributed by atoms with van der Waals surface area (Å²) in [6, 6.07) is 15.3. The van der Waals surface area contributed by atoms with Crippen LogP contribution in [-0.2, 0) is 33.5 Å². The van der Waals surface area contributed by atoms with E-state index in [0.717, 1.165) is 88.0 Å². The zero-order valence-corrected chi connectivity index (χ0v) is 46.2. The molecule has 18 nitrogen and oxygen atoms in total. The summed E-state index contributed by atoms with van der Waals surface area (Å²) in [6.07, 6.45) is 10.1. The van der Waals surface area contributed by atoms with E-state index >= 15 is 0 Å². The van der Waals surface area contributed by atoms with Gasteiger partial charge in [-0.05, 0) is 68.3 Å². The standard InChI is InChI=1S/C13H24N4O5.C13H18N2O2.C13H17NO2.C9H19NO.C4H10.C2H6/c1-3-4-5-9(13(22)16-8-12(20)21)17-11(19)7-15-10(18)6-14-2;1-11(16)14-7-9-15(10-8-14)12-5-3-4-6-13(12)17-2;1-3-10-8-9-14(13(15)16-2)12-7-5-4-6-11(10)12;1-3-4-5-6-7-8-10-9(2)11;1-4(2)3;1-2/h9,14H,3-8H2,1-2H3,(H,15,18)(H,16,22)(H,17,19)(H,20,21);3-6H,7-10H2,1-2H3;4-7,10H,3,8-9H2,1-2H3;3-8H2,1-2H3,(H,10,11);4H,1-3H3;1-2H3/t9-;;;;;/m1...../s1. The first-order valence-corrected chi connectivity index (χ1v) is 25.9. The molecule has 4 rings (SSSR count). The molecule has 2 heterocycles. The molecule has 6 amide bonds. The van der Waals surface area contributed by atoms with Crippen LogP contribution in [0.5, 0.6) is 5.75 Å². The van der Waals surface area contributed by atoms with Gasteiger partial charge in [-0.25, -0.2) is 4.79 Å². The lowest BCUT2D eigenvalue weighted by Gasteiger charge is -2.36. The highest BCUT2D eigenvalue weighted by Gasteiger charge is 2.28. The molecule has 2 atom stereocenters. The highest BCUT2D eigenvalue weighted by atomic mass is 16.5.